The number of para-hydroxylation sites is 1. The van der Waals surface area contributed by atoms with Crippen LogP contribution in [0.5, 0.6) is 0 Å². The fourth-order valence-corrected chi connectivity index (χ4v) is 2.38. The summed E-state index contributed by atoms with van der Waals surface area (Å²) in [5, 5.41) is 9.92. The first-order chi connectivity index (χ1) is 9.75. The summed E-state index contributed by atoms with van der Waals surface area (Å²) in [5.74, 6) is -0.922. The largest absolute Gasteiger partial charge is 0.478 e. The van der Waals surface area contributed by atoms with E-state index in [4.69, 9.17) is 0 Å². The maximum absolute atomic E-state index is 11.3. The highest BCUT2D eigenvalue weighted by atomic mass is 16.4. The third kappa shape index (κ3) is 2.26. The molecule has 3 aromatic rings. The van der Waals surface area contributed by atoms with Crippen molar-refractivity contribution in [3.05, 3.63) is 77.5 Å². The van der Waals surface area contributed by atoms with Gasteiger partial charge < -0.3 is 5.11 Å². The Morgan fingerprint density at radius 3 is 2.55 bits per heavy atom. The lowest BCUT2D eigenvalue weighted by atomic mass is 10.00. The Balaban J connectivity index is 2.13. The summed E-state index contributed by atoms with van der Waals surface area (Å²) in [4.78, 5) is 15.6. The van der Waals surface area contributed by atoms with Crippen molar-refractivity contribution < 1.29 is 9.90 Å². The van der Waals surface area contributed by atoms with E-state index in [1.165, 1.54) is 11.6 Å². The van der Waals surface area contributed by atoms with Crippen LogP contribution in [0, 0.1) is 0 Å². The van der Waals surface area contributed by atoms with E-state index in [1.807, 2.05) is 30.3 Å². The Labute approximate surface area is 116 Å². The summed E-state index contributed by atoms with van der Waals surface area (Å²) in [6.45, 7) is 0. The second kappa shape index (κ2) is 5.13. The van der Waals surface area contributed by atoms with E-state index in [-0.39, 0.29) is 0 Å². The molecule has 2 aromatic carbocycles. The maximum atomic E-state index is 11.3. The smallest absolute Gasteiger partial charge is 0.336 e. The lowest BCUT2D eigenvalue weighted by Crippen LogP contribution is -2.00. The van der Waals surface area contributed by atoms with Gasteiger partial charge in [-0.15, -0.1) is 0 Å². The topological polar surface area (TPSA) is 50.2 Å². The zero-order valence-electron chi connectivity index (χ0n) is 10.8. The van der Waals surface area contributed by atoms with Crippen LogP contribution in [0.15, 0.2) is 60.8 Å². The SMILES string of the molecule is O=C(O)c1ccnc2c(Cc3ccccc3)cccc12. The highest BCUT2D eigenvalue weighted by molar-refractivity contribution is 6.03. The maximum Gasteiger partial charge on any atom is 0.336 e. The van der Waals surface area contributed by atoms with E-state index in [2.05, 4.69) is 17.1 Å². The molecule has 0 unspecified atom stereocenters. The minimum Gasteiger partial charge on any atom is -0.478 e. The molecule has 3 nitrogen and oxygen atoms in total. The lowest BCUT2D eigenvalue weighted by molar-refractivity contribution is 0.0699. The minimum absolute atomic E-state index is 0.296. The monoisotopic (exact) mass is 263 g/mol. The minimum atomic E-state index is -0.922. The van der Waals surface area contributed by atoms with E-state index in [9.17, 15) is 9.90 Å². The molecule has 0 spiro atoms. The average molecular weight is 263 g/mol. The first-order valence-electron chi connectivity index (χ1n) is 6.39. The summed E-state index contributed by atoms with van der Waals surface area (Å²) < 4.78 is 0. The second-order valence-electron chi connectivity index (χ2n) is 4.64. The Morgan fingerprint density at radius 2 is 1.80 bits per heavy atom. The number of rotatable bonds is 3. The molecule has 0 aliphatic heterocycles. The Morgan fingerprint density at radius 1 is 1.00 bits per heavy atom. The van der Waals surface area contributed by atoms with Gasteiger partial charge in [-0.1, -0.05) is 48.5 Å². The van der Waals surface area contributed by atoms with Crippen molar-refractivity contribution >= 4 is 16.9 Å². The number of carbonyl (C=O) groups is 1. The van der Waals surface area contributed by atoms with Crippen LogP contribution in [0.3, 0.4) is 0 Å². The van der Waals surface area contributed by atoms with Gasteiger partial charge in [0.05, 0.1) is 11.1 Å². The predicted molar refractivity (Wildman–Crippen MR) is 78.0 cm³/mol. The predicted octanol–water partition coefficient (Wildman–Crippen LogP) is 3.52. The van der Waals surface area contributed by atoms with Crippen LogP contribution in [0.4, 0.5) is 0 Å². The molecule has 0 saturated carbocycles. The van der Waals surface area contributed by atoms with Crippen molar-refractivity contribution in [2.24, 2.45) is 0 Å². The molecule has 0 atom stereocenters. The Bertz CT molecular complexity index is 766. The molecule has 0 bridgehead atoms. The molecule has 1 heterocycles. The normalized spacial score (nSPS) is 10.6. The summed E-state index contributed by atoms with van der Waals surface area (Å²) >= 11 is 0. The van der Waals surface area contributed by atoms with Gasteiger partial charge in [-0.2, -0.15) is 0 Å². The number of nitrogens with zero attached hydrogens (tertiary/aromatic N) is 1. The summed E-state index contributed by atoms with van der Waals surface area (Å²) in [6, 6.07) is 17.3. The number of benzene rings is 2. The van der Waals surface area contributed by atoms with E-state index in [0.717, 1.165) is 17.5 Å². The molecule has 0 aliphatic carbocycles. The van der Waals surface area contributed by atoms with Crippen LogP contribution in [0.25, 0.3) is 10.9 Å². The number of carboxylic acids is 1. The van der Waals surface area contributed by atoms with Gasteiger partial charge in [0, 0.05) is 11.6 Å². The molecule has 20 heavy (non-hydrogen) atoms. The zero-order valence-corrected chi connectivity index (χ0v) is 10.8. The van der Waals surface area contributed by atoms with Gasteiger partial charge in [0.25, 0.3) is 0 Å². The molecule has 0 radical (unpaired) electrons. The first kappa shape index (κ1) is 12.4. The Hall–Kier alpha value is -2.68. The van der Waals surface area contributed by atoms with Crippen LogP contribution in [-0.2, 0) is 6.42 Å². The molecular formula is C17H13NO2. The summed E-state index contributed by atoms with van der Waals surface area (Å²) in [6.07, 6.45) is 2.30. The van der Waals surface area contributed by atoms with Crippen molar-refractivity contribution in [2.75, 3.05) is 0 Å². The second-order valence-corrected chi connectivity index (χ2v) is 4.64. The molecule has 0 saturated heterocycles. The molecule has 3 rings (SSSR count). The van der Waals surface area contributed by atoms with Crippen LogP contribution < -0.4 is 0 Å². The lowest BCUT2D eigenvalue weighted by Gasteiger charge is -2.07. The van der Waals surface area contributed by atoms with Gasteiger partial charge in [-0.3, -0.25) is 4.98 Å². The molecule has 1 aromatic heterocycles. The molecular weight excluding hydrogens is 250 g/mol. The number of aromatic nitrogens is 1. The average Bonchev–Trinajstić information content (AvgIpc) is 2.48. The van der Waals surface area contributed by atoms with E-state index >= 15 is 0 Å². The number of aromatic carboxylic acids is 1. The number of hydrogen-bond donors (Lipinski definition) is 1. The molecule has 0 aliphatic rings. The number of fused-ring (bicyclic) bond motifs is 1. The summed E-state index contributed by atoms with van der Waals surface area (Å²) in [5.41, 5.74) is 3.28. The van der Waals surface area contributed by atoms with Gasteiger partial charge in [-0.05, 0) is 23.6 Å². The number of pyridine rings is 1. The third-order valence-corrected chi connectivity index (χ3v) is 3.32. The zero-order chi connectivity index (χ0) is 13.9. The van der Waals surface area contributed by atoms with Crippen molar-refractivity contribution in [3.63, 3.8) is 0 Å². The number of carboxylic acid groups (broad SMARTS) is 1. The highest BCUT2D eigenvalue weighted by Gasteiger charge is 2.11. The molecule has 3 heteroatoms. The molecule has 1 N–H and O–H groups in total. The van der Waals surface area contributed by atoms with Gasteiger partial charge in [0.1, 0.15) is 0 Å². The molecule has 0 fully saturated rings. The molecule has 0 amide bonds. The quantitative estimate of drug-likeness (QED) is 0.786. The standard InChI is InChI=1S/C17H13NO2/c19-17(20)15-9-10-18-16-13(7-4-8-14(15)16)11-12-5-2-1-3-6-12/h1-10H,11H2,(H,19,20). The van der Waals surface area contributed by atoms with Gasteiger partial charge in [0.15, 0.2) is 0 Å². The van der Waals surface area contributed by atoms with Crippen molar-refractivity contribution in [2.45, 2.75) is 6.42 Å². The van der Waals surface area contributed by atoms with Crippen molar-refractivity contribution in [3.8, 4) is 0 Å². The fraction of sp³-hybridized carbons (Fsp3) is 0.0588. The summed E-state index contributed by atoms with van der Waals surface area (Å²) in [7, 11) is 0. The fourth-order valence-electron chi connectivity index (χ4n) is 2.38. The van der Waals surface area contributed by atoms with E-state index in [0.29, 0.717) is 10.9 Å². The number of hydrogen-bond acceptors (Lipinski definition) is 2. The van der Waals surface area contributed by atoms with Gasteiger partial charge >= 0.3 is 5.97 Å². The Kier molecular flexibility index (Phi) is 3.17. The van der Waals surface area contributed by atoms with Gasteiger partial charge in [0.2, 0.25) is 0 Å². The third-order valence-electron chi connectivity index (χ3n) is 3.32. The molecule has 98 valence electrons. The van der Waals surface area contributed by atoms with Crippen LogP contribution >= 0.6 is 0 Å². The van der Waals surface area contributed by atoms with Crippen molar-refractivity contribution in [1.82, 2.24) is 4.98 Å². The first-order valence-corrected chi connectivity index (χ1v) is 6.39. The van der Waals surface area contributed by atoms with Crippen molar-refractivity contribution in [1.29, 1.82) is 0 Å². The van der Waals surface area contributed by atoms with E-state index < -0.39 is 5.97 Å². The van der Waals surface area contributed by atoms with Gasteiger partial charge in [-0.25, -0.2) is 4.79 Å². The van der Waals surface area contributed by atoms with Crippen LogP contribution in [-0.4, -0.2) is 16.1 Å². The van der Waals surface area contributed by atoms with E-state index in [1.54, 1.807) is 12.3 Å². The highest BCUT2D eigenvalue weighted by Crippen LogP contribution is 2.22. The van der Waals surface area contributed by atoms with Crippen LogP contribution in [0.2, 0.25) is 0 Å². The van der Waals surface area contributed by atoms with Crippen LogP contribution in [0.1, 0.15) is 21.5 Å².